The van der Waals surface area contributed by atoms with Gasteiger partial charge in [0.15, 0.2) is 0 Å². The van der Waals surface area contributed by atoms with E-state index >= 15 is 0 Å². The molecule has 0 atom stereocenters. The Bertz CT molecular complexity index is 446. The Balaban J connectivity index is 2.80. The van der Waals surface area contributed by atoms with Gasteiger partial charge in [0.1, 0.15) is 10.5 Å². The van der Waals surface area contributed by atoms with E-state index in [1.165, 1.54) is 6.92 Å². The second kappa shape index (κ2) is 4.79. The Morgan fingerprint density at radius 2 is 1.89 bits per heavy atom. The molecule has 0 radical (unpaired) electrons. The highest BCUT2D eigenvalue weighted by molar-refractivity contribution is 7.12. The van der Waals surface area contributed by atoms with Crippen molar-refractivity contribution in [1.29, 1.82) is 0 Å². The van der Waals surface area contributed by atoms with E-state index in [1.54, 1.807) is 20.8 Å². The van der Waals surface area contributed by atoms with E-state index in [0.717, 1.165) is 6.07 Å². The fourth-order valence-corrected chi connectivity index (χ4v) is 2.00. The van der Waals surface area contributed by atoms with Gasteiger partial charge in [-0.1, -0.05) is 0 Å². The lowest BCUT2D eigenvalue weighted by molar-refractivity contribution is -0.134. The summed E-state index contributed by atoms with van der Waals surface area (Å²) >= 11 is 0.586. The molecule has 0 aliphatic heterocycles. The van der Waals surface area contributed by atoms with E-state index in [4.69, 9.17) is 4.74 Å². The number of rotatable bonds is 1. The number of amides is 1. The van der Waals surface area contributed by atoms with Crippen molar-refractivity contribution >= 4 is 23.1 Å². The summed E-state index contributed by atoms with van der Waals surface area (Å²) in [6, 6.07) is 0.907. The minimum atomic E-state index is -4.40. The van der Waals surface area contributed by atoms with Gasteiger partial charge in [0.25, 0.3) is 0 Å². The molecule has 0 aliphatic carbocycles. The Morgan fingerprint density at radius 3 is 2.28 bits per heavy atom. The molecule has 0 fully saturated rings. The minimum Gasteiger partial charge on any atom is -0.444 e. The summed E-state index contributed by atoms with van der Waals surface area (Å²) in [6.07, 6.45) is -5.17. The average Bonchev–Trinajstić information content (AvgIpc) is 2.43. The first-order valence-corrected chi connectivity index (χ1v) is 5.98. The minimum absolute atomic E-state index is 0.126. The van der Waals surface area contributed by atoms with E-state index < -0.39 is 22.7 Å². The van der Waals surface area contributed by atoms with Gasteiger partial charge in [-0.2, -0.15) is 13.2 Å². The van der Waals surface area contributed by atoms with Gasteiger partial charge in [-0.3, -0.25) is 5.32 Å². The monoisotopic (exact) mass is 281 g/mol. The van der Waals surface area contributed by atoms with Crippen LogP contribution in [0.2, 0.25) is 0 Å². The fourth-order valence-electron chi connectivity index (χ4n) is 1.16. The summed E-state index contributed by atoms with van der Waals surface area (Å²) < 4.78 is 42.3. The summed E-state index contributed by atoms with van der Waals surface area (Å²) in [6.45, 7) is 6.53. The van der Waals surface area contributed by atoms with Crippen molar-refractivity contribution in [1.82, 2.24) is 0 Å². The zero-order valence-corrected chi connectivity index (χ0v) is 11.3. The molecule has 3 nitrogen and oxygen atoms in total. The first-order valence-electron chi connectivity index (χ1n) is 5.16. The van der Waals surface area contributed by atoms with E-state index in [-0.39, 0.29) is 5.69 Å². The van der Waals surface area contributed by atoms with Crippen LogP contribution in [0.5, 0.6) is 0 Å². The van der Waals surface area contributed by atoms with Crippen LogP contribution in [0.3, 0.4) is 0 Å². The zero-order valence-electron chi connectivity index (χ0n) is 10.4. The first-order chi connectivity index (χ1) is 7.99. The molecular formula is C11H14F3NO2S. The molecule has 1 aromatic rings. The fraction of sp³-hybridized carbons (Fsp3) is 0.545. The van der Waals surface area contributed by atoms with Crippen LogP contribution in [0.1, 0.15) is 30.5 Å². The van der Waals surface area contributed by atoms with E-state index in [0.29, 0.717) is 16.2 Å². The van der Waals surface area contributed by atoms with Gasteiger partial charge in [0.2, 0.25) is 0 Å². The number of anilines is 1. The number of carbonyl (C=O) groups is 1. The van der Waals surface area contributed by atoms with Crippen molar-refractivity contribution in [3.63, 3.8) is 0 Å². The molecule has 1 aromatic heterocycles. The van der Waals surface area contributed by atoms with E-state index in [9.17, 15) is 18.0 Å². The molecule has 1 rings (SSSR count). The summed E-state index contributed by atoms with van der Waals surface area (Å²) in [5, 5.41) is 2.31. The molecular weight excluding hydrogens is 267 g/mol. The van der Waals surface area contributed by atoms with Crippen LogP contribution >= 0.6 is 11.3 Å². The highest BCUT2D eigenvalue weighted by Crippen LogP contribution is 2.38. The van der Waals surface area contributed by atoms with Crippen LogP contribution < -0.4 is 5.32 Å². The zero-order chi connectivity index (χ0) is 14.1. The largest absolute Gasteiger partial charge is 0.444 e. The lowest BCUT2D eigenvalue weighted by atomic mass is 10.2. The van der Waals surface area contributed by atoms with Crippen molar-refractivity contribution in [2.75, 3.05) is 5.32 Å². The highest BCUT2D eigenvalue weighted by atomic mass is 32.1. The second-order valence-electron chi connectivity index (χ2n) is 4.71. The third-order valence-corrected chi connectivity index (χ3v) is 2.93. The van der Waals surface area contributed by atoms with Gasteiger partial charge in [-0.15, -0.1) is 11.3 Å². The average molecular weight is 281 g/mol. The lowest BCUT2D eigenvalue weighted by Gasteiger charge is -2.19. The van der Waals surface area contributed by atoms with Gasteiger partial charge >= 0.3 is 12.3 Å². The number of halogens is 3. The molecule has 0 aromatic carbocycles. The molecule has 7 heteroatoms. The summed E-state index contributed by atoms with van der Waals surface area (Å²) in [5.74, 6) is 0. The third kappa shape index (κ3) is 4.21. The van der Waals surface area contributed by atoms with Crippen LogP contribution in [0.4, 0.5) is 23.7 Å². The van der Waals surface area contributed by atoms with Crippen LogP contribution in [-0.4, -0.2) is 11.7 Å². The third-order valence-electron chi connectivity index (χ3n) is 1.83. The van der Waals surface area contributed by atoms with Crippen molar-refractivity contribution < 1.29 is 22.7 Å². The summed E-state index contributed by atoms with van der Waals surface area (Å²) in [5.41, 5.74) is -0.567. The number of carbonyl (C=O) groups excluding carboxylic acids is 1. The Morgan fingerprint density at radius 1 is 1.33 bits per heavy atom. The molecule has 1 amide bonds. The molecule has 0 bridgehead atoms. The highest BCUT2D eigenvalue weighted by Gasteiger charge is 2.33. The molecule has 0 saturated carbocycles. The van der Waals surface area contributed by atoms with Crippen molar-refractivity contribution in [3.05, 3.63) is 15.8 Å². The van der Waals surface area contributed by atoms with Crippen molar-refractivity contribution in [2.45, 2.75) is 39.5 Å². The Labute approximate surface area is 107 Å². The van der Waals surface area contributed by atoms with Gasteiger partial charge in [-0.25, -0.2) is 4.79 Å². The van der Waals surface area contributed by atoms with Crippen LogP contribution in [0.25, 0.3) is 0 Å². The van der Waals surface area contributed by atoms with Gasteiger partial charge < -0.3 is 4.74 Å². The number of alkyl halides is 3. The van der Waals surface area contributed by atoms with E-state index in [1.807, 2.05) is 0 Å². The van der Waals surface area contributed by atoms with Crippen LogP contribution in [0.15, 0.2) is 6.07 Å². The van der Waals surface area contributed by atoms with Crippen molar-refractivity contribution in [3.8, 4) is 0 Å². The number of hydrogen-bond acceptors (Lipinski definition) is 3. The lowest BCUT2D eigenvalue weighted by Crippen LogP contribution is -2.27. The summed E-state index contributed by atoms with van der Waals surface area (Å²) in [7, 11) is 0. The number of nitrogens with one attached hydrogen (secondary N) is 1. The summed E-state index contributed by atoms with van der Waals surface area (Å²) in [4.78, 5) is 11.1. The molecule has 1 heterocycles. The Kier molecular flexibility index (Phi) is 3.95. The maximum atomic E-state index is 12.5. The molecule has 102 valence electrons. The Hall–Kier alpha value is -1.24. The smallest absolute Gasteiger partial charge is 0.425 e. The second-order valence-corrected chi connectivity index (χ2v) is 5.96. The standard InChI is InChI=1S/C11H14F3NO2S/c1-6-7(5-8(18-6)11(12,13)14)15-9(16)17-10(2,3)4/h5H,1-4H3,(H,15,16). The van der Waals surface area contributed by atoms with Gasteiger partial charge in [-0.05, 0) is 33.8 Å². The quantitative estimate of drug-likeness (QED) is 0.827. The van der Waals surface area contributed by atoms with Gasteiger partial charge in [0, 0.05) is 4.88 Å². The molecule has 1 N–H and O–H groups in total. The maximum absolute atomic E-state index is 12.5. The van der Waals surface area contributed by atoms with Crippen molar-refractivity contribution in [2.24, 2.45) is 0 Å². The maximum Gasteiger partial charge on any atom is 0.425 e. The molecule has 0 aliphatic rings. The van der Waals surface area contributed by atoms with Crippen LogP contribution in [-0.2, 0) is 10.9 Å². The molecule has 0 saturated heterocycles. The number of aryl methyl sites for hydroxylation is 1. The first kappa shape index (κ1) is 14.8. The van der Waals surface area contributed by atoms with Gasteiger partial charge in [0.05, 0.1) is 5.69 Å². The molecule has 18 heavy (non-hydrogen) atoms. The predicted octanol–water partition coefficient (Wildman–Crippen LogP) is 4.42. The number of ether oxygens (including phenoxy) is 1. The normalized spacial score (nSPS) is 12.4. The molecule has 0 unspecified atom stereocenters. The SMILES string of the molecule is Cc1sc(C(F)(F)F)cc1NC(=O)OC(C)(C)C. The van der Waals surface area contributed by atoms with E-state index in [2.05, 4.69) is 5.32 Å². The number of hydrogen-bond donors (Lipinski definition) is 1. The predicted molar refractivity (Wildman–Crippen MR) is 63.9 cm³/mol. The molecule has 0 spiro atoms. The topological polar surface area (TPSA) is 38.3 Å². The number of thiophene rings is 1. The van der Waals surface area contributed by atoms with Crippen LogP contribution in [0, 0.1) is 6.92 Å².